The van der Waals surface area contributed by atoms with E-state index in [1.54, 1.807) is 11.1 Å². The molecule has 0 N–H and O–H groups in total. The van der Waals surface area contributed by atoms with Gasteiger partial charge < -0.3 is 0 Å². The van der Waals surface area contributed by atoms with Gasteiger partial charge in [-0.1, -0.05) is 30.3 Å². The largest absolute Gasteiger partial charge is 0.299 e. The zero-order chi connectivity index (χ0) is 15.7. The Hall–Kier alpha value is -1.71. The molecule has 1 saturated heterocycles. The summed E-state index contributed by atoms with van der Waals surface area (Å²) in [6, 6.07) is 13.3. The highest BCUT2D eigenvalue weighted by atomic mass is 15.2. The molecule has 2 aliphatic rings. The summed E-state index contributed by atoms with van der Waals surface area (Å²) in [4.78, 5) is 9.43. The second kappa shape index (κ2) is 6.06. The molecule has 2 aromatic rings. The van der Waals surface area contributed by atoms with Crippen molar-refractivity contribution in [3.8, 4) is 0 Å². The lowest BCUT2D eigenvalue weighted by atomic mass is 9.74. The average Bonchev–Trinajstić information content (AvgIpc) is 2.61. The molecule has 1 aromatic heterocycles. The van der Waals surface area contributed by atoms with Gasteiger partial charge in [0.25, 0.3) is 0 Å². The Labute approximate surface area is 139 Å². The molecular weight excluding hydrogens is 282 g/mol. The molecule has 3 heteroatoms. The third-order valence-corrected chi connectivity index (χ3v) is 5.78. The van der Waals surface area contributed by atoms with Crippen molar-refractivity contribution in [1.82, 2.24) is 14.8 Å². The maximum atomic E-state index is 4.24. The Morgan fingerprint density at radius 1 is 1.04 bits per heavy atom. The lowest BCUT2D eigenvalue weighted by Crippen LogP contribution is -2.54. The molecule has 120 valence electrons. The lowest BCUT2D eigenvalue weighted by Gasteiger charge is -2.51. The van der Waals surface area contributed by atoms with Crippen LogP contribution in [0.25, 0.3) is 0 Å². The van der Waals surface area contributed by atoms with E-state index in [1.165, 1.54) is 31.4 Å². The first-order chi connectivity index (χ1) is 11.3. The van der Waals surface area contributed by atoms with Gasteiger partial charge in [0.1, 0.15) is 0 Å². The number of hydrogen-bond acceptors (Lipinski definition) is 3. The quantitative estimate of drug-likeness (QED) is 0.850. The summed E-state index contributed by atoms with van der Waals surface area (Å²) in [5.41, 5.74) is 4.71. The van der Waals surface area contributed by atoms with Crippen LogP contribution < -0.4 is 0 Å². The molecule has 0 aliphatic carbocycles. The Balaban J connectivity index is 1.52. The van der Waals surface area contributed by atoms with E-state index in [0.29, 0.717) is 0 Å². The Morgan fingerprint density at radius 2 is 1.87 bits per heavy atom. The lowest BCUT2D eigenvalue weighted by molar-refractivity contribution is 0.0255. The van der Waals surface area contributed by atoms with Crippen molar-refractivity contribution in [2.24, 2.45) is 0 Å². The van der Waals surface area contributed by atoms with Crippen LogP contribution in [0.4, 0.5) is 0 Å². The maximum absolute atomic E-state index is 4.24. The molecule has 0 atom stereocenters. The zero-order valence-corrected chi connectivity index (χ0v) is 13.9. The number of pyridine rings is 1. The highest BCUT2D eigenvalue weighted by molar-refractivity contribution is 5.37. The number of likely N-dealkylation sites (N-methyl/N-ethyl adjacent to an activating group) is 1. The van der Waals surface area contributed by atoms with E-state index < -0.39 is 0 Å². The van der Waals surface area contributed by atoms with E-state index in [2.05, 4.69) is 52.2 Å². The van der Waals surface area contributed by atoms with Crippen molar-refractivity contribution in [3.05, 3.63) is 65.5 Å². The zero-order valence-electron chi connectivity index (χ0n) is 13.9. The van der Waals surface area contributed by atoms with Gasteiger partial charge in [-0.05, 0) is 49.1 Å². The van der Waals surface area contributed by atoms with Crippen molar-refractivity contribution in [1.29, 1.82) is 0 Å². The van der Waals surface area contributed by atoms with Gasteiger partial charge >= 0.3 is 0 Å². The van der Waals surface area contributed by atoms with E-state index >= 15 is 0 Å². The molecule has 1 spiro atoms. The predicted molar refractivity (Wildman–Crippen MR) is 93.2 cm³/mol. The van der Waals surface area contributed by atoms with Crippen LogP contribution in [-0.4, -0.2) is 41.5 Å². The third-order valence-electron chi connectivity index (χ3n) is 5.78. The van der Waals surface area contributed by atoms with E-state index in [0.717, 1.165) is 19.6 Å². The molecule has 1 fully saturated rings. The van der Waals surface area contributed by atoms with E-state index in [-0.39, 0.29) is 5.54 Å². The van der Waals surface area contributed by atoms with Crippen LogP contribution in [0.2, 0.25) is 0 Å². The molecule has 0 radical (unpaired) electrons. The summed E-state index contributed by atoms with van der Waals surface area (Å²) < 4.78 is 0. The fraction of sp³-hybridized carbons (Fsp3) is 0.450. The number of aromatic nitrogens is 1. The first-order valence-corrected chi connectivity index (χ1v) is 8.69. The molecule has 0 bridgehead atoms. The van der Waals surface area contributed by atoms with Gasteiger partial charge in [-0.15, -0.1) is 0 Å². The van der Waals surface area contributed by atoms with Crippen molar-refractivity contribution < 1.29 is 0 Å². The minimum absolute atomic E-state index is 0.250. The van der Waals surface area contributed by atoms with Crippen LogP contribution >= 0.6 is 0 Å². The molecule has 4 rings (SSSR count). The second-order valence-corrected chi connectivity index (χ2v) is 7.00. The first-order valence-electron chi connectivity index (χ1n) is 8.69. The summed E-state index contributed by atoms with van der Waals surface area (Å²) in [6.45, 7) is 4.52. The molecule has 0 amide bonds. The summed E-state index contributed by atoms with van der Waals surface area (Å²) in [5.74, 6) is 0. The summed E-state index contributed by atoms with van der Waals surface area (Å²) in [5, 5.41) is 0. The van der Waals surface area contributed by atoms with Gasteiger partial charge in [0.2, 0.25) is 0 Å². The van der Waals surface area contributed by atoms with Gasteiger partial charge in [-0.25, -0.2) is 0 Å². The van der Waals surface area contributed by atoms with E-state index in [9.17, 15) is 0 Å². The van der Waals surface area contributed by atoms with Crippen LogP contribution in [0.15, 0.2) is 48.8 Å². The smallest absolute Gasteiger partial charge is 0.0484 e. The van der Waals surface area contributed by atoms with Crippen LogP contribution in [0.5, 0.6) is 0 Å². The minimum atomic E-state index is 0.250. The van der Waals surface area contributed by atoms with Crippen molar-refractivity contribution >= 4 is 0 Å². The molecule has 1 aromatic carbocycles. The first kappa shape index (κ1) is 14.9. The van der Waals surface area contributed by atoms with Gasteiger partial charge in [0.05, 0.1) is 0 Å². The number of piperidine rings is 1. The summed E-state index contributed by atoms with van der Waals surface area (Å²) in [7, 11) is 2.31. The Kier molecular flexibility index (Phi) is 3.92. The third kappa shape index (κ3) is 2.68. The van der Waals surface area contributed by atoms with Crippen molar-refractivity contribution in [2.45, 2.75) is 31.3 Å². The highest BCUT2D eigenvalue weighted by Gasteiger charge is 2.42. The van der Waals surface area contributed by atoms with Gasteiger partial charge in [-0.3, -0.25) is 14.8 Å². The van der Waals surface area contributed by atoms with Gasteiger partial charge in [0.15, 0.2) is 0 Å². The fourth-order valence-corrected chi connectivity index (χ4v) is 4.38. The number of fused-ring (bicyclic) bond motifs is 2. The average molecular weight is 307 g/mol. The summed E-state index contributed by atoms with van der Waals surface area (Å²) >= 11 is 0. The maximum Gasteiger partial charge on any atom is 0.0484 e. The number of hydrogen-bond donors (Lipinski definition) is 0. The van der Waals surface area contributed by atoms with Gasteiger partial charge in [-0.2, -0.15) is 0 Å². The van der Waals surface area contributed by atoms with Crippen LogP contribution in [0.1, 0.15) is 29.5 Å². The molecule has 23 heavy (non-hydrogen) atoms. The number of nitrogens with zero attached hydrogens (tertiary/aromatic N) is 3. The van der Waals surface area contributed by atoms with Crippen LogP contribution in [0.3, 0.4) is 0 Å². The van der Waals surface area contributed by atoms with Crippen LogP contribution in [-0.2, 0) is 18.5 Å². The molecule has 0 unspecified atom stereocenters. The normalized spacial score (nSPS) is 21.3. The molecular formula is C20H25N3. The molecule has 3 nitrogen and oxygen atoms in total. The standard InChI is InChI=1S/C20H25N3/c1-22-12-8-18-6-2-3-7-19(18)20(22)9-13-23(14-10-20)16-17-5-4-11-21-15-17/h2-7,11,15H,8-10,12-14,16H2,1H3. The monoisotopic (exact) mass is 307 g/mol. The highest BCUT2D eigenvalue weighted by Crippen LogP contribution is 2.42. The number of likely N-dealkylation sites (tertiary alicyclic amines) is 1. The topological polar surface area (TPSA) is 19.4 Å². The van der Waals surface area contributed by atoms with Crippen molar-refractivity contribution in [2.75, 3.05) is 26.7 Å². The molecule has 3 heterocycles. The number of benzene rings is 1. The van der Waals surface area contributed by atoms with E-state index in [4.69, 9.17) is 0 Å². The van der Waals surface area contributed by atoms with Crippen LogP contribution in [0, 0.1) is 0 Å². The fourth-order valence-electron chi connectivity index (χ4n) is 4.38. The molecule has 0 saturated carbocycles. The minimum Gasteiger partial charge on any atom is -0.299 e. The SMILES string of the molecule is CN1CCc2ccccc2C12CCN(Cc1cccnc1)CC2. The van der Waals surface area contributed by atoms with Gasteiger partial charge in [0, 0.05) is 44.1 Å². The van der Waals surface area contributed by atoms with Crippen molar-refractivity contribution in [3.63, 3.8) is 0 Å². The predicted octanol–water partition coefficient (Wildman–Crippen LogP) is 3.06. The summed E-state index contributed by atoms with van der Waals surface area (Å²) in [6.07, 6.45) is 7.48. The Bertz CT molecular complexity index is 660. The molecule has 2 aliphatic heterocycles. The number of rotatable bonds is 2. The van der Waals surface area contributed by atoms with E-state index in [1.807, 2.05) is 18.5 Å². The Morgan fingerprint density at radius 3 is 2.65 bits per heavy atom. The second-order valence-electron chi connectivity index (χ2n) is 7.00.